The molecule has 0 bridgehead atoms. The molecule has 0 saturated carbocycles. The van der Waals surface area contributed by atoms with Gasteiger partial charge in [-0.2, -0.15) is 5.26 Å². The van der Waals surface area contributed by atoms with Gasteiger partial charge in [-0.15, -0.1) is 0 Å². The number of likely N-dealkylation sites (N-methyl/N-ethyl adjacent to an activating group) is 1. The maximum atomic E-state index is 13.2. The normalized spacial score (nSPS) is 17.5. The van der Waals surface area contributed by atoms with Gasteiger partial charge in [0.1, 0.15) is 12.3 Å². The number of nitrogens with zero attached hydrogens (tertiary/aromatic N) is 5. The Morgan fingerprint density at radius 2 is 1.85 bits per heavy atom. The zero-order valence-electron chi connectivity index (χ0n) is 23.5. The average molecular weight is 533 g/mol. The van der Waals surface area contributed by atoms with Crippen LogP contribution in [0.1, 0.15) is 63.6 Å². The summed E-state index contributed by atoms with van der Waals surface area (Å²) in [6.45, 7) is 8.85. The zero-order valence-corrected chi connectivity index (χ0v) is 23.5. The van der Waals surface area contributed by atoms with Crippen LogP contribution in [0.15, 0.2) is 48.8 Å². The summed E-state index contributed by atoms with van der Waals surface area (Å²) in [4.78, 5) is 45.2. The molecule has 9 heteroatoms. The third-order valence-electron chi connectivity index (χ3n) is 7.23. The topological polar surface area (TPSA) is 110 Å². The van der Waals surface area contributed by atoms with Crippen LogP contribution in [0.4, 0.5) is 5.69 Å². The molecule has 2 aliphatic rings. The smallest absolute Gasteiger partial charge is 0.247 e. The highest BCUT2D eigenvalue weighted by Crippen LogP contribution is 2.29. The molecule has 1 N–H and O–H groups in total. The predicted octanol–water partition coefficient (Wildman–Crippen LogP) is 3.43. The zero-order chi connectivity index (χ0) is 28.4. The van der Waals surface area contributed by atoms with E-state index in [9.17, 15) is 14.4 Å². The number of amides is 2. The summed E-state index contributed by atoms with van der Waals surface area (Å²) in [7, 11) is 1.89. The van der Waals surface area contributed by atoms with Gasteiger partial charge in [0.2, 0.25) is 11.8 Å². The van der Waals surface area contributed by atoms with E-state index < -0.39 is 6.04 Å². The molecule has 39 heavy (non-hydrogen) atoms. The number of aldehydes is 1. The molecule has 0 aliphatic carbocycles. The SMILES string of the molecule is CN(c1ccc(C(C)(C)C)cc1)C(C(=O)NCC(=O)N1CCCC1)c1cccnc1.N#CN1CCCC1C=O. The largest absolute Gasteiger partial charge is 0.359 e. The van der Waals surface area contributed by atoms with Crippen LogP contribution in [-0.2, 0) is 19.8 Å². The standard InChI is InChI=1S/C24H32N4O2.C6H8N2O/c1-24(2,3)19-9-11-20(12-10-19)27(4)22(18-8-7-13-25-16-18)23(30)26-17-21(29)28-14-5-6-15-28;7-5-8-3-1-2-6(8)4-9/h7-13,16,22H,5-6,14-15,17H2,1-4H3,(H,26,30);4,6H,1-3H2. The second kappa shape index (κ2) is 13.7. The fourth-order valence-corrected chi connectivity index (χ4v) is 4.83. The Morgan fingerprint density at radius 3 is 2.38 bits per heavy atom. The van der Waals surface area contributed by atoms with Crippen molar-refractivity contribution in [3.05, 3.63) is 59.9 Å². The van der Waals surface area contributed by atoms with Gasteiger partial charge in [0.15, 0.2) is 6.19 Å². The number of anilines is 1. The number of rotatable bonds is 7. The van der Waals surface area contributed by atoms with Crippen molar-refractivity contribution >= 4 is 23.8 Å². The van der Waals surface area contributed by atoms with E-state index in [1.807, 2.05) is 47.3 Å². The monoisotopic (exact) mass is 532 g/mol. The van der Waals surface area contributed by atoms with Crippen molar-refractivity contribution in [3.63, 3.8) is 0 Å². The Kier molecular flexibility index (Phi) is 10.4. The fourth-order valence-electron chi connectivity index (χ4n) is 4.83. The minimum atomic E-state index is -0.578. The number of hydrogen-bond donors (Lipinski definition) is 1. The third-order valence-corrected chi connectivity index (χ3v) is 7.23. The second-order valence-electron chi connectivity index (χ2n) is 11.0. The van der Waals surface area contributed by atoms with Gasteiger partial charge < -0.3 is 24.8 Å². The average Bonchev–Trinajstić information content (AvgIpc) is 3.65. The van der Waals surface area contributed by atoms with Gasteiger partial charge in [0.05, 0.1) is 12.6 Å². The lowest BCUT2D eigenvalue weighted by Crippen LogP contribution is -2.44. The summed E-state index contributed by atoms with van der Waals surface area (Å²) in [6, 6.07) is 11.3. The van der Waals surface area contributed by atoms with Crippen molar-refractivity contribution in [3.8, 4) is 6.19 Å². The molecule has 2 amide bonds. The van der Waals surface area contributed by atoms with Crippen molar-refractivity contribution in [1.82, 2.24) is 20.1 Å². The van der Waals surface area contributed by atoms with Gasteiger partial charge in [-0.05, 0) is 54.9 Å². The molecule has 2 aliphatic heterocycles. The number of pyridine rings is 1. The maximum Gasteiger partial charge on any atom is 0.247 e. The number of nitriles is 1. The van der Waals surface area contributed by atoms with Gasteiger partial charge in [-0.1, -0.05) is 39.0 Å². The van der Waals surface area contributed by atoms with Crippen molar-refractivity contribution < 1.29 is 14.4 Å². The second-order valence-corrected chi connectivity index (χ2v) is 11.0. The summed E-state index contributed by atoms with van der Waals surface area (Å²) in [6.07, 6.45) is 10.1. The maximum absolute atomic E-state index is 13.2. The van der Waals surface area contributed by atoms with Gasteiger partial charge >= 0.3 is 0 Å². The summed E-state index contributed by atoms with van der Waals surface area (Å²) in [5, 5.41) is 11.2. The summed E-state index contributed by atoms with van der Waals surface area (Å²) in [5.74, 6) is -0.235. The van der Waals surface area contributed by atoms with Gasteiger partial charge in [-0.3, -0.25) is 14.6 Å². The minimum Gasteiger partial charge on any atom is -0.359 e. The highest BCUT2D eigenvalue weighted by Gasteiger charge is 2.28. The molecule has 2 aromatic rings. The first kappa shape index (κ1) is 29.6. The van der Waals surface area contributed by atoms with Crippen LogP contribution in [0.3, 0.4) is 0 Å². The fraction of sp³-hybridized carbons (Fsp3) is 0.500. The van der Waals surface area contributed by atoms with Crippen molar-refractivity contribution in [2.75, 3.05) is 38.1 Å². The predicted molar refractivity (Wildman–Crippen MR) is 151 cm³/mol. The Bertz CT molecular complexity index is 1130. The molecule has 0 spiro atoms. The van der Waals surface area contributed by atoms with Crippen molar-refractivity contribution in [1.29, 1.82) is 5.26 Å². The van der Waals surface area contributed by atoms with Gasteiger partial charge in [0, 0.05) is 50.3 Å². The molecule has 1 aromatic carbocycles. The molecule has 2 atom stereocenters. The van der Waals surface area contributed by atoms with E-state index >= 15 is 0 Å². The van der Waals surface area contributed by atoms with Crippen molar-refractivity contribution in [2.45, 2.75) is 64.0 Å². The van der Waals surface area contributed by atoms with Crippen LogP contribution in [-0.4, -0.2) is 72.2 Å². The highest BCUT2D eigenvalue weighted by atomic mass is 16.2. The molecular weight excluding hydrogens is 492 g/mol. The summed E-state index contributed by atoms with van der Waals surface area (Å²) < 4.78 is 0. The first-order chi connectivity index (χ1) is 18.7. The Balaban J connectivity index is 0.000000395. The Labute approximate surface area is 231 Å². The Morgan fingerprint density at radius 1 is 1.15 bits per heavy atom. The first-order valence-corrected chi connectivity index (χ1v) is 13.6. The van der Waals surface area contributed by atoms with E-state index in [4.69, 9.17) is 5.26 Å². The number of aromatic nitrogens is 1. The van der Waals surface area contributed by atoms with E-state index in [1.165, 1.54) is 10.5 Å². The van der Waals surface area contributed by atoms with E-state index in [0.29, 0.717) is 0 Å². The molecule has 0 radical (unpaired) electrons. The molecule has 1 aromatic heterocycles. The van der Waals surface area contributed by atoms with Crippen LogP contribution in [0.5, 0.6) is 0 Å². The van der Waals surface area contributed by atoms with Gasteiger partial charge in [0.25, 0.3) is 0 Å². The number of benzene rings is 1. The van der Waals surface area contributed by atoms with Crippen LogP contribution >= 0.6 is 0 Å². The molecule has 208 valence electrons. The third kappa shape index (κ3) is 8.03. The lowest BCUT2D eigenvalue weighted by molar-refractivity contribution is -0.132. The lowest BCUT2D eigenvalue weighted by atomic mass is 9.87. The number of likely N-dealkylation sites (tertiary alicyclic amines) is 2. The Hall–Kier alpha value is -3.93. The van der Waals surface area contributed by atoms with E-state index in [-0.39, 0.29) is 29.8 Å². The van der Waals surface area contributed by atoms with Crippen molar-refractivity contribution in [2.24, 2.45) is 0 Å². The quantitative estimate of drug-likeness (QED) is 0.430. The highest BCUT2D eigenvalue weighted by molar-refractivity contribution is 5.90. The lowest BCUT2D eigenvalue weighted by Gasteiger charge is -2.30. The molecule has 2 fully saturated rings. The summed E-state index contributed by atoms with van der Waals surface area (Å²) in [5.41, 5.74) is 3.01. The number of nitrogens with one attached hydrogen (secondary N) is 1. The van der Waals surface area contributed by atoms with E-state index in [2.05, 4.69) is 43.2 Å². The van der Waals surface area contributed by atoms with Crippen LogP contribution < -0.4 is 10.2 Å². The van der Waals surface area contributed by atoms with Gasteiger partial charge in [-0.25, -0.2) is 0 Å². The number of carbonyl (C=O) groups is 3. The number of hydrogen-bond acceptors (Lipinski definition) is 7. The molecule has 2 saturated heterocycles. The summed E-state index contributed by atoms with van der Waals surface area (Å²) >= 11 is 0. The van der Waals surface area contributed by atoms with Crippen LogP contribution in [0.25, 0.3) is 0 Å². The van der Waals surface area contributed by atoms with Crippen LogP contribution in [0, 0.1) is 11.5 Å². The van der Waals surface area contributed by atoms with Crippen LogP contribution in [0.2, 0.25) is 0 Å². The van der Waals surface area contributed by atoms with E-state index in [0.717, 1.165) is 62.9 Å². The molecule has 9 nitrogen and oxygen atoms in total. The molecule has 4 rings (SSSR count). The molecule has 3 heterocycles. The van der Waals surface area contributed by atoms with E-state index in [1.54, 1.807) is 12.4 Å². The molecular formula is C30H40N6O3. The minimum absolute atomic E-state index is 0.0202. The number of carbonyl (C=O) groups excluding carboxylic acids is 3. The molecule has 2 unspecified atom stereocenters. The first-order valence-electron chi connectivity index (χ1n) is 13.6.